The summed E-state index contributed by atoms with van der Waals surface area (Å²) < 4.78 is 19.1. The van der Waals surface area contributed by atoms with Crippen molar-refractivity contribution in [3.8, 4) is 0 Å². The lowest BCUT2D eigenvalue weighted by molar-refractivity contribution is 0.0522. The molecule has 3 rings (SSSR count). The highest BCUT2D eigenvalue weighted by Crippen LogP contribution is 2.31. The molecule has 0 saturated heterocycles. The van der Waals surface area contributed by atoms with Crippen LogP contribution in [0.25, 0.3) is 10.1 Å². The second-order valence-electron chi connectivity index (χ2n) is 4.77. The van der Waals surface area contributed by atoms with Crippen LogP contribution in [-0.2, 0) is 11.3 Å². The number of aromatic nitrogens is 2. The Balaban J connectivity index is 1.82. The van der Waals surface area contributed by atoms with Gasteiger partial charge in [0.05, 0.1) is 17.8 Å². The predicted molar refractivity (Wildman–Crippen MR) is 87.1 cm³/mol. The molecule has 0 saturated carbocycles. The van der Waals surface area contributed by atoms with Gasteiger partial charge in [0.2, 0.25) is 0 Å². The van der Waals surface area contributed by atoms with Crippen molar-refractivity contribution in [2.24, 2.45) is 0 Å². The second-order valence-corrected chi connectivity index (χ2v) is 5.85. The van der Waals surface area contributed by atoms with Gasteiger partial charge in [-0.15, -0.1) is 11.3 Å². The third-order valence-electron chi connectivity index (χ3n) is 3.14. The fourth-order valence-electron chi connectivity index (χ4n) is 2.15. The zero-order chi connectivity index (χ0) is 16.2. The number of nitrogens with zero attached hydrogens (tertiary/aromatic N) is 2. The van der Waals surface area contributed by atoms with E-state index in [0.717, 1.165) is 20.7 Å². The van der Waals surface area contributed by atoms with Crippen LogP contribution in [0.15, 0.2) is 36.8 Å². The highest BCUT2D eigenvalue weighted by atomic mass is 32.1. The normalized spacial score (nSPS) is 10.7. The van der Waals surface area contributed by atoms with Gasteiger partial charge in [0.25, 0.3) is 0 Å². The number of thiophene rings is 1. The zero-order valence-electron chi connectivity index (χ0n) is 12.4. The molecular formula is C16H14FN3O2S. The van der Waals surface area contributed by atoms with Gasteiger partial charge in [-0.25, -0.2) is 14.2 Å². The largest absolute Gasteiger partial charge is 0.461 e. The minimum atomic E-state index is -0.434. The molecule has 0 atom stereocenters. The average molecular weight is 331 g/mol. The Morgan fingerprint density at radius 2 is 2.26 bits per heavy atom. The quantitative estimate of drug-likeness (QED) is 0.724. The van der Waals surface area contributed by atoms with E-state index in [0.29, 0.717) is 18.8 Å². The van der Waals surface area contributed by atoms with Crippen LogP contribution in [0, 0.1) is 5.82 Å². The minimum Gasteiger partial charge on any atom is -0.461 e. The molecule has 0 fully saturated rings. The van der Waals surface area contributed by atoms with Crippen LogP contribution < -0.4 is 5.32 Å². The number of carbonyl (C=O) groups is 1. The number of esters is 1. The Hall–Kier alpha value is -2.54. The summed E-state index contributed by atoms with van der Waals surface area (Å²) in [5.41, 5.74) is 1.05. The molecule has 1 N–H and O–H groups in total. The first-order valence-electron chi connectivity index (χ1n) is 7.06. The first kappa shape index (κ1) is 15.4. The van der Waals surface area contributed by atoms with Crippen molar-refractivity contribution in [1.82, 2.24) is 9.97 Å². The van der Waals surface area contributed by atoms with Gasteiger partial charge in [-0.3, -0.25) is 4.98 Å². The van der Waals surface area contributed by atoms with E-state index < -0.39 is 5.97 Å². The van der Waals surface area contributed by atoms with Crippen LogP contribution in [0.1, 0.15) is 23.0 Å². The summed E-state index contributed by atoms with van der Waals surface area (Å²) in [6.07, 6.45) is 4.36. The maximum Gasteiger partial charge on any atom is 0.357 e. The maximum absolute atomic E-state index is 13.1. The molecule has 0 bridgehead atoms. The molecule has 3 aromatic rings. The topological polar surface area (TPSA) is 64.1 Å². The molecule has 118 valence electrons. The van der Waals surface area contributed by atoms with Crippen LogP contribution in [0.2, 0.25) is 0 Å². The van der Waals surface area contributed by atoms with Gasteiger partial charge in [0.15, 0.2) is 5.69 Å². The van der Waals surface area contributed by atoms with E-state index in [1.54, 1.807) is 19.3 Å². The Bertz CT molecular complexity index is 850. The number of halogens is 1. The van der Waals surface area contributed by atoms with Crippen LogP contribution in [0.5, 0.6) is 0 Å². The summed E-state index contributed by atoms with van der Waals surface area (Å²) >= 11 is 1.50. The smallest absolute Gasteiger partial charge is 0.357 e. The molecule has 3 aromatic heterocycles. The van der Waals surface area contributed by atoms with E-state index in [-0.39, 0.29) is 5.82 Å². The molecule has 3 heterocycles. The number of anilines is 1. The van der Waals surface area contributed by atoms with Crippen molar-refractivity contribution in [3.63, 3.8) is 0 Å². The van der Waals surface area contributed by atoms with E-state index in [1.807, 2.05) is 12.1 Å². The Kier molecular flexibility index (Phi) is 4.47. The van der Waals surface area contributed by atoms with Gasteiger partial charge in [-0.1, -0.05) is 0 Å². The van der Waals surface area contributed by atoms with E-state index >= 15 is 0 Å². The van der Waals surface area contributed by atoms with Crippen LogP contribution in [0.3, 0.4) is 0 Å². The van der Waals surface area contributed by atoms with Gasteiger partial charge in [-0.2, -0.15) is 0 Å². The molecule has 0 amide bonds. The van der Waals surface area contributed by atoms with Gasteiger partial charge in [0.1, 0.15) is 5.82 Å². The van der Waals surface area contributed by atoms with Crippen molar-refractivity contribution in [3.05, 3.63) is 53.9 Å². The molecule has 7 heteroatoms. The van der Waals surface area contributed by atoms with E-state index in [1.165, 1.54) is 23.6 Å². The van der Waals surface area contributed by atoms with E-state index in [9.17, 15) is 9.18 Å². The summed E-state index contributed by atoms with van der Waals surface area (Å²) in [6, 6.07) is 5.13. The lowest BCUT2D eigenvalue weighted by Crippen LogP contribution is -2.06. The highest BCUT2D eigenvalue weighted by Gasteiger charge is 2.15. The van der Waals surface area contributed by atoms with Crippen LogP contribution in [-0.4, -0.2) is 22.5 Å². The fourth-order valence-corrected chi connectivity index (χ4v) is 3.11. The SMILES string of the molecule is CCOC(=O)c1nccc2sc(NCc3cncc(F)c3)cc12. The number of carbonyl (C=O) groups excluding carboxylic acids is 1. The fraction of sp³-hybridized carbons (Fsp3) is 0.188. The van der Waals surface area contributed by atoms with E-state index in [2.05, 4.69) is 15.3 Å². The first-order valence-corrected chi connectivity index (χ1v) is 7.88. The summed E-state index contributed by atoms with van der Waals surface area (Å²) in [5, 5.41) is 4.82. The number of fused-ring (bicyclic) bond motifs is 1. The van der Waals surface area contributed by atoms with Gasteiger partial charge < -0.3 is 10.1 Å². The lowest BCUT2D eigenvalue weighted by atomic mass is 10.2. The third-order valence-corrected chi connectivity index (χ3v) is 4.20. The number of nitrogens with one attached hydrogen (secondary N) is 1. The predicted octanol–water partition coefficient (Wildman–Crippen LogP) is 3.62. The van der Waals surface area contributed by atoms with Crippen molar-refractivity contribution < 1.29 is 13.9 Å². The molecule has 0 aliphatic rings. The molecule has 0 aromatic carbocycles. The van der Waals surface area contributed by atoms with Gasteiger partial charge in [-0.05, 0) is 30.7 Å². The molecular weight excluding hydrogens is 317 g/mol. The maximum atomic E-state index is 13.1. The Labute approximate surface area is 136 Å². The molecule has 0 aliphatic heterocycles. The lowest BCUT2D eigenvalue weighted by Gasteiger charge is -2.03. The molecule has 0 unspecified atom stereocenters. The number of hydrogen-bond donors (Lipinski definition) is 1. The number of hydrogen-bond acceptors (Lipinski definition) is 6. The standard InChI is InChI=1S/C16H14FN3O2S/c1-2-22-16(21)15-12-6-14(23-13(12)3-4-19-15)20-8-10-5-11(17)9-18-7-10/h3-7,9,20H,2,8H2,1H3. The average Bonchev–Trinajstić information content (AvgIpc) is 2.96. The minimum absolute atomic E-state index is 0.304. The monoisotopic (exact) mass is 331 g/mol. The summed E-state index contributed by atoms with van der Waals surface area (Å²) in [4.78, 5) is 19.9. The Morgan fingerprint density at radius 3 is 3.04 bits per heavy atom. The summed E-state index contributed by atoms with van der Waals surface area (Å²) in [7, 11) is 0. The molecule has 0 spiro atoms. The van der Waals surface area contributed by atoms with Crippen LogP contribution in [0.4, 0.5) is 9.39 Å². The zero-order valence-corrected chi connectivity index (χ0v) is 13.2. The third kappa shape index (κ3) is 3.45. The van der Waals surface area contributed by atoms with Crippen molar-refractivity contribution >= 4 is 32.4 Å². The van der Waals surface area contributed by atoms with Crippen molar-refractivity contribution in [2.75, 3.05) is 11.9 Å². The van der Waals surface area contributed by atoms with Crippen molar-refractivity contribution in [2.45, 2.75) is 13.5 Å². The van der Waals surface area contributed by atoms with Crippen molar-refractivity contribution in [1.29, 1.82) is 0 Å². The highest BCUT2D eigenvalue weighted by molar-refractivity contribution is 7.22. The molecule has 23 heavy (non-hydrogen) atoms. The number of rotatable bonds is 5. The van der Waals surface area contributed by atoms with Gasteiger partial charge in [0, 0.05) is 29.0 Å². The second kappa shape index (κ2) is 6.70. The molecule has 5 nitrogen and oxygen atoms in total. The summed E-state index contributed by atoms with van der Waals surface area (Å²) in [5.74, 6) is -0.800. The summed E-state index contributed by atoms with van der Waals surface area (Å²) in [6.45, 7) is 2.50. The first-order chi connectivity index (χ1) is 11.2. The van der Waals surface area contributed by atoms with E-state index in [4.69, 9.17) is 4.74 Å². The van der Waals surface area contributed by atoms with Gasteiger partial charge >= 0.3 is 5.97 Å². The molecule has 0 aliphatic carbocycles. The number of ether oxygens (including phenoxy) is 1. The molecule has 0 radical (unpaired) electrons. The number of pyridine rings is 2. The Morgan fingerprint density at radius 1 is 1.39 bits per heavy atom. The van der Waals surface area contributed by atoms with Crippen LogP contribution >= 0.6 is 11.3 Å².